The average molecular weight is 315 g/mol. The fourth-order valence-electron chi connectivity index (χ4n) is 2.18. The van der Waals surface area contributed by atoms with Crippen molar-refractivity contribution >= 4 is 35.1 Å². The summed E-state index contributed by atoms with van der Waals surface area (Å²) in [5, 5.41) is 2.93. The highest BCUT2D eigenvalue weighted by Crippen LogP contribution is 2.45. The van der Waals surface area contributed by atoms with Crippen molar-refractivity contribution in [1.29, 1.82) is 0 Å². The second-order valence-corrected chi connectivity index (χ2v) is 7.74. The summed E-state index contributed by atoms with van der Waals surface area (Å²) in [6.45, 7) is 2.03. The van der Waals surface area contributed by atoms with Gasteiger partial charge in [-0.15, -0.1) is 23.5 Å². The monoisotopic (exact) mass is 315 g/mol. The molecule has 0 aliphatic carbocycles. The van der Waals surface area contributed by atoms with Gasteiger partial charge in [0.05, 0.1) is 4.58 Å². The number of hydrogen-bond donors (Lipinski definition) is 1. The molecule has 1 N–H and O–H groups in total. The van der Waals surface area contributed by atoms with Crippen LogP contribution in [-0.2, 0) is 0 Å². The van der Waals surface area contributed by atoms with E-state index in [0.29, 0.717) is 10.1 Å². The Labute approximate surface area is 133 Å². The van der Waals surface area contributed by atoms with E-state index in [9.17, 15) is 4.79 Å². The van der Waals surface area contributed by atoms with Crippen LogP contribution in [0.1, 0.15) is 26.1 Å². The molecule has 21 heavy (non-hydrogen) atoms. The van der Waals surface area contributed by atoms with Crippen molar-refractivity contribution in [3.63, 3.8) is 0 Å². The topological polar surface area (TPSA) is 29.1 Å². The number of amides is 1. The van der Waals surface area contributed by atoms with Crippen LogP contribution in [0.4, 0.5) is 5.69 Å². The first-order chi connectivity index (χ1) is 10.2. The van der Waals surface area contributed by atoms with Crippen molar-refractivity contribution in [2.75, 3.05) is 16.8 Å². The van der Waals surface area contributed by atoms with Crippen LogP contribution in [0.25, 0.3) is 0 Å². The Morgan fingerprint density at radius 3 is 2.24 bits per heavy atom. The molecule has 0 saturated carbocycles. The normalized spacial score (nSPS) is 15.1. The van der Waals surface area contributed by atoms with Crippen LogP contribution in [0.2, 0.25) is 0 Å². The fraction of sp³-hybridized carbons (Fsp3) is 0.235. The molecule has 1 aliphatic rings. The molecule has 108 valence electrons. The molecule has 1 saturated heterocycles. The maximum absolute atomic E-state index is 12.2. The first-order valence-corrected chi connectivity index (χ1v) is 9.03. The number of carbonyl (C=O) groups excluding carboxylic acids is 1. The number of anilines is 1. The Bertz CT molecular complexity index is 616. The number of hydrogen-bond acceptors (Lipinski definition) is 3. The Hall–Kier alpha value is -1.39. The lowest BCUT2D eigenvalue weighted by molar-refractivity contribution is 0.102. The van der Waals surface area contributed by atoms with Crippen molar-refractivity contribution in [3.8, 4) is 0 Å². The number of carbonyl (C=O) groups is 1. The first-order valence-electron chi connectivity index (χ1n) is 6.93. The molecule has 4 heteroatoms. The van der Waals surface area contributed by atoms with Gasteiger partial charge in [-0.25, -0.2) is 0 Å². The van der Waals surface area contributed by atoms with Crippen LogP contribution in [0, 0.1) is 6.92 Å². The van der Waals surface area contributed by atoms with Crippen LogP contribution in [0.5, 0.6) is 0 Å². The minimum absolute atomic E-state index is 0.0582. The minimum atomic E-state index is -0.0582. The van der Waals surface area contributed by atoms with Crippen LogP contribution in [0.3, 0.4) is 0 Å². The Morgan fingerprint density at radius 2 is 1.62 bits per heavy atom. The molecular formula is C17H17NOS2. The van der Waals surface area contributed by atoms with Gasteiger partial charge in [0.2, 0.25) is 0 Å². The van der Waals surface area contributed by atoms with E-state index in [2.05, 4.69) is 17.4 Å². The SMILES string of the molecule is Cc1ccc(NC(=O)c2ccc(C3SCCS3)cc2)cc1. The molecule has 1 amide bonds. The van der Waals surface area contributed by atoms with E-state index >= 15 is 0 Å². The van der Waals surface area contributed by atoms with Crippen LogP contribution >= 0.6 is 23.5 Å². The number of nitrogens with one attached hydrogen (secondary N) is 1. The molecule has 0 aromatic heterocycles. The smallest absolute Gasteiger partial charge is 0.255 e. The zero-order valence-corrected chi connectivity index (χ0v) is 13.5. The van der Waals surface area contributed by atoms with E-state index in [-0.39, 0.29) is 5.91 Å². The summed E-state index contributed by atoms with van der Waals surface area (Å²) >= 11 is 3.95. The summed E-state index contributed by atoms with van der Waals surface area (Å²) in [7, 11) is 0. The van der Waals surface area contributed by atoms with Crippen molar-refractivity contribution in [2.45, 2.75) is 11.5 Å². The Morgan fingerprint density at radius 1 is 1.00 bits per heavy atom. The van der Waals surface area contributed by atoms with E-state index in [1.807, 2.05) is 66.8 Å². The lowest BCUT2D eigenvalue weighted by atomic mass is 10.1. The van der Waals surface area contributed by atoms with Crippen molar-refractivity contribution in [3.05, 3.63) is 65.2 Å². The van der Waals surface area contributed by atoms with Gasteiger partial charge in [0.15, 0.2) is 0 Å². The number of rotatable bonds is 3. The van der Waals surface area contributed by atoms with Gasteiger partial charge in [0.1, 0.15) is 0 Å². The van der Waals surface area contributed by atoms with Gasteiger partial charge < -0.3 is 5.32 Å². The van der Waals surface area contributed by atoms with Gasteiger partial charge in [0, 0.05) is 22.8 Å². The zero-order valence-electron chi connectivity index (χ0n) is 11.8. The highest BCUT2D eigenvalue weighted by Gasteiger charge is 2.18. The maximum atomic E-state index is 12.2. The molecule has 0 radical (unpaired) electrons. The van der Waals surface area contributed by atoms with E-state index in [0.717, 1.165) is 5.69 Å². The van der Waals surface area contributed by atoms with Gasteiger partial charge in [-0.2, -0.15) is 0 Å². The standard InChI is InChI=1S/C17H17NOS2/c1-12-2-8-15(9-3-12)18-16(19)13-4-6-14(7-5-13)17-20-10-11-21-17/h2-9,17H,10-11H2,1H3,(H,18,19). The lowest BCUT2D eigenvalue weighted by Gasteiger charge is -2.10. The largest absolute Gasteiger partial charge is 0.322 e. The summed E-state index contributed by atoms with van der Waals surface area (Å²) in [5.41, 5.74) is 4.02. The number of thioether (sulfide) groups is 2. The molecule has 3 rings (SSSR count). The first kappa shape index (κ1) is 14.5. The lowest BCUT2D eigenvalue weighted by Crippen LogP contribution is -2.11. The Balaban J connectivity index is 1.68. The minimum Gasteiger partial charge on any atom is -0.322 e. The van der Waals surface area contributed by atoms with Gasteiger partial charge in [-0.05, 0) is 36.8 Å². The summed E-state index contributed by atoms with van der Waals surface area (Å²) in [6, 6.07) is 15.8. The van der Waals surface area contributed by atoms with Crippen LogP contribution in [-0.4, -0.2) is 17.4 Å². The predicted octanol–water partition coefficient (Wildman–Crippen LogP) is 4.73. The maximum Gasteiger partial charge on any atom is 0.255 e. The predicted molar refractivity (Wildman–Crippen MR) is 93.2 cm³/mol. The molecular weight excluding hydrogens is 298 g/mol. The van der Waals surface area contributed by atoms with E-state index in [1.54, 1.807) is 0 Å². The quantitative estimate of drug-likeness (QED) is 0.888. The van der Waals surface area contributed by atoms with Gasteiger partial charge in [-0.1, -0.05) is 29.8 Å². The van der Waals surface area contributed by atoms with E-state index in [1.165, 1.54) is 22.6 Å². The molecule has 2 nitrogen and oxygen atoms in total. The van der Waals surface area contributed by atoms with Gasteiger partial charge in [0.25, 0.3) is 5.91 Å². The van der Waals surface area contributed by atoms with E-state index < -0.39 is 0 Å². The van der Waals surface area contributed by atoms with Crippen molar-refractivity contribution in [2.24, 2.45) is 0 Å². The molecule has 2 aromatic rings. The summed E-state index contributed by atoms with van der Waals surface area (Å²) < 4.78 is 0.527. The third kappa shape index (κ3) is 3.63. The molecule has 1 heterocycles. The highest BCUT2D eigenvalue weighted by atomic mass is 32.2. The van der Waals surface area contributed by atoms with Crippen molar-refractivity contribution in [1.82, 2.24) is 0 Å². The molecule has 1 fully saturated rings. The van der Waals surface area contributed by atoms with Gasteiger partial charge >= 0.3 is 0 Å². The second-order valence-electron chi connectivity index (χ2n) is 5.02. The second kappa shape index (κ2) is 6.58. The number of benzene rings is 2. The molecule has 0 spiro atoms. The van der Waals surface area contributed by atoms with Crippen LogP contribution in [0.15, 0.2) is 48.5 Å². The number of aryl methyl sites for hydroxylation is 1. The summed E-state index contributed by atoms with van der Waals surface area (Å²) in [4.78, 5) is 12.2. The average Bonchev–Trinajstić information content (AvgIpc) is 3.04. The summed E-state index contributed by atoms with van der Waals surface area (Å²) in [5.74, 6) is 2.37. The molecule has 2 aromatic carbocycles. The fourth-order valence-corrected chi connectivity index (χ4v) is 5.04. The summed E-state index contributed by atoms with van der Waals surface area (Å²) in [6.07, 6.45) is 0. The zero-order chi connectivity index (χ0) is 14.7. The third-order valence-corrected chi connectivity index (χ3v) is 6.48. The van der Waals surface area contributed by atoms with Crippen molar-refractivity contribution < 1.29 is 4.79 Å². The molecule has 0 atom stereocenters. The molecule has 0 bridgehead atoms. The molecule has 1 aliphatic heterocycles. The van der Waals surface area contributed by atoms with E-state index in [4.69, 9.17) is 0 Å². The highest BCUT2D eigenvalue weighted by molar-refractivity contribution is 8.19. The molecule has 0 unspecified atom stereocenters. The van der Waals surface area contributed by atoms with Crippen LogP contribution < -0.4 is 5.32 Å². The third-order valence-electron chi connectivity index (χ3n) is 3.38. The Kier molecular flexibility index (Phi) is 4.56. The van der Waals surface area contributed by atoms with Gasteiger partial charge in [-0.3, -0.25) is 4.79 Å².